The molecule has 104 valence electrons. The average molecular weight is 277 g/mol. The summed E-state index contributed by atoms with van der Waals surface area (Å²) < 4.78 is 0. The molecule has 2 heterocycles. The standard InChI is InChI=1S/C17H15N3O/c1-2-12-5-3-4-6-14(12)17-19-15(11-16(21)20-17)13-7-9-18-10-8-13/h3-11H,2H2,1H3,(H,19,20,21). The lowest BCUT2D eigenvalue weighted by molar-refractivity contribution is 1.09. The molecule has 0 aliphatic heterocycles. The van der Waals surface area contributed by atoms with E-state index in [1.807, 2.05) is 30.3 Å². The molecule has 0 amide bonds. The zero-order valence-corrected chi connectivity index (χ0v) is 11.7. The maximum absolute atomic E-state index is 11.9. The fourth-order valence-corrected chi connectivity index (χ4v) is 2.32. The van der Waals surface area contributed by atoms with Crippen LogP contribution in [0.3, 0.4) is 0 Å². The largest absolute Gasteiger partial charge is 0.306 e. The Hall–Kier alpha value is -2.75. The van der Waals surface area contributed by atoms with Crippen LogP contribution in [0.2, 0.25) is 0 Å². The van der Waals surface area contributed by atoms with Crippen LogP contribution in [-0.2, 0) is 6.42 Å². The predicted octanol–water partition coefficient (Wildman–Crippen LogP) is 3.06. The summed E-state index contributed by atoms with van der Waals surface area (Å²) in [5, 5.41) is 0. The number of aromatic amines is 1. The van der Waals surface area contributed by atoms with Crippen molar-refractivity contribution in [1.29, 1.82) is 0 Å². The number of aryl methyl sites for hydroxylation is 1. The number of aromatic nitrogens is 3. The Kier molecular flexibility index (Phi) is 3.60. The van der Waals surface area contributed by atoms with Crippen molar-refractivity contribution < 1.29 is 0 Å². The summed E-state index contributed by atoms with van der Waals surface area (Å²) in [7, 11) is 0. The van der Waals surface area contributed by atoms with E-state index in [9.17, 15) is 4.79 Å². The highest BCUT2D eigenvalue weighted by Gasteiger charge is 2.08. The van der Waals surface area contributed by atoms with Gasteiger partial charge in [-0.05, 0) is 24.1 Å². The second-order valence-electron chi connectivity index (χ2n) is 4.73. The summed E-state index contributed by atoms with van der Waals surface area (Å²) in [5.41, 5.74) is 3.51. The van der Waals surface area contributed by atoms with Gasteiger partial charge in [0.25, 0.3) is 5.56 Å². The van der Waals surface area contributed by atoms with Gasteiger partial charge >= 0.3 is 0 Å². The number of H-pyrrole nitrogens is 1. The predicted molar refractivity (Wildman–Crippen MR) is 82.9 cm³/mol. The van der Waals surface area contributed by atoms with Crippen molar-refractivity contribution in [2.24, 2.45) is 0 Å². The molecule has 0 radical (unpaired) electrons. The molecule has 0 unspecified atom stereocenters. The number of nitrogens with one attached hydrogen (secondary N) is 1. The normalized spacial score (nSPS) is 10.5. The van der Waals surface area contributed by atoms with Gasteiger partial charge in [-0.1, -0.05) is 31.2 Å². The van der Waals surface area contributed by atoms with Crippen LogP contribution in [0, 0.1) is 0 Å². The summed E-state index contributed by atoms with van der Waals surface area (Å²) in [6, 6.07) is 13.2. The summed E-state index contributed by atoms with van der Waals surface area (Å²) >= 11 is 0. The fraction of sp³-hybridized carbons (Fsp3) is 0.118. The molecule has 1 aromatic carbocycles. The number of benzene rings is 1. The van der Waals surface area contributed by atoms with Crippen LogP contribution >= 0.6 is 0 Å². The van der Waals surface area contributed by atoms with E-state index in [4.69, 9.17) is 0 Å². The van der Waals surface area contributed by atoms with Crippen molar-refractivity contribution in [3.05, 3.63) is 70.8 Å². The molecule has 4 nitrogen and oxygen atoms in total. The molecule has 0 aliphatic carbocycles. The van der Waals surface area contributed by atoms with Gasteiger partial charge in [-0.25, -0.2) is 4.98 Å². The first kappa shape index (κ1) is 13.2. The molecule has 0 spiro atoms. The third-order valence-electron chi connectivity index (χ3n) is 3.37. The molecule has 0 aliphatic rings. The van der Waals surface area contributed by atoms with E-state index in [1.165, 1.54) is 6.07 Å². The lowest BCUT2D eigenvalue weighted by Crippen LogP contribution is -2.09. The first-order valence-electron chi connectivity index (χ1n) is 6.88. The van der Waals surface area contributed by atoms with Crippen LogP contribution in [-0.4, -0.2) is 15.0 Å². The number of hydrogen-bond donors (Lipinski definition) is 1. The SMILES string of the molecule is CCc1ccccc1-c1nc(-c2ccncc2)cc(=O)[nH]1. The third kappa shape index (κ3) is 2.74. The minimum atomic E-state index is -0.155. The first-order chi connectivity index (χ1) is 10.3. The van der Waals surface area contributed by atoms with Crippen molar-refractivity contribution >= 4 is 0 Å². The molecule has 1 N–H and O–H groups in total. The van der Waals surface area contributed by atoms with Gasteiger partial charge in [0.1, 0.15) is 5.82 Å². The molecular weight excluding hydrogens is 262 g/mol. The molecule has 21 heavy (non-hydrogen) atoms. The molecule has 0 atom stereocenters. The van der Waals surface area contributed by atoms with Crippen molar-refractivity contribution in [2.45, 2.75) is 13.3 Å². The van der Waals surface area contributed by atoms with Gasteiger partial charge in [0, 0.05) is 29.6 Å². The summed E-state index contributed by atoms with van der Waals surface area (Å²) in [6.07, 6.45) is 4.27. The maximum atomic E-state index is 11.9. The van der Waals surface area contributed by atoms with Crippen LogP contribution in [0.25, 0.3) is 22.6 Å². The molecule has 3 rings (SSSR count). The van der Waals surface area contributed by atoms with Crippen LogP contribution < -0.4 is 5.56 Å². The minimum Gasteiger partial charge on any atom is -0.306 e. The maximum Gasteiger partial charge on any atom is 0.251 e. The lowest BCUT2D eigenvalue weighted by Gasteiger charge is -2.08. The molecule has 0 saturated heterocycles. The van der Waals surface area contributed by atoms with Gasteiger partial charge in [0.2, 0.25) is 0 Å². The average Bonchev–Trinajstić information content (AvgIpc) is 2.55. The van der Waals surface area contributed by atoms with Crippen LogP contribution in [0.15, 0.2) is 59.7 Å². The smallest absolute Gasteiger partial charge is 0.251 e. The number of hydrogen-bond acceptors (Lipinski definition) is 3. The van der Waals surface area contributed by atoms with E-state index in [-0.39, 0.29) is 5.56 Å². The monoisotopic (exact) mass is 277 g/mol. The highest BCUT2D eigenvalue weighted by Crippen LogP contribution is 2.22. The molecule has 2 aromatic heterocycles. The molecule has 0 saturated carbocycles. The second kappa shape index (κ2) is 5.71. The Labute approximate surface area is 122 Å². The van der Waals surface area contributed by atoms with Crippen LogP contribution in [0.1, 0.15) is 12.5 Å². The van der Waals surface area contributed by atoms with E-state index < -0.39 is 0 Å². The lowest BCUT2D eigenvalue weighted by atomic mass is 10.0. The quantitative estimate of drug-likeness (QED) is 0.800. The first-order valence-corrected chi connectivity index (χ1v) is 6.88. The van der Waals surface area contributed by atoms with Gasteiger partial charge < -0.3 is 4.98 Å². The Morgan fingerprint density at radius 1 is 1.10 bits per heavy atom. The molecular formula is C17H15N3O. The topological polar surface area (TPSA) is 58.6 Å². The van der Waals surface area contributed by atoms with Crippen LogP contribution in [0.4, 0.5) is 0 Å². The van der Waals surface area contributed by atoms with Gasteiger partial charge in [-0.2, -0.15) is 0 Å². The zero-order valence-electron chi connectivity index (χ0n) is 11.7. The highest BCUT2D eigenvalue weighted by atomic mass is 16.1. The Morgan fingerprint density at radius 2 is 1.86 bits per heavy atom. The second-order valence-corrected chi connectivity index (χ2v) is 4.73. The molecule has 3 aromatic rings. The molecule has 0 bridgehead atoms. The van der Waals surface area contributed by atoms with Gasteiger partial charge in [0.05, 0.1) is 5.69 Å². The zero-order chi connectivity index (χ0) is 14.7. The van der Waals surface area contributed by atoms with E-state index in [1.54, 1.807) is 12.4 Å². The van der Waals surface area contributed by atoms with Gasteiger partial charge in [-0.3, -0.25) is 9.78 Å². The Bertz CT molecular complexity index is 810. The summed E-state index contributed by atoms with van der Waals surface area (Å²) in [5.74, 6) is 0.603. The highest BCUT2D eigenvalue weighted by molar-refractivity contribution is 5.65. The molecule has 0 fully saturated rings. The fourth-order valence-electron chi connectivity index (χ4n) is 2.32. The van der Waals surface area contributed by atoms with E-state index >= 15 is 0 Å². The van der Waals surface area contributed by atoms with Crippen molar-refractivity contribution in [1.82, 2.24) is 15.0 Å². The van der Waals surface area contributed by atoms with E-state index in [0.29, 0.717) is 11.5 Å². The van der Waals surface area contributed by atoms with Crippen molar-refractivity contribution in [3.8, 4) is 22.6 Å². The number of rotatable bonds is 3. The summed E-state index contributed by atoms with van der Waals surface area (Å²) in [4.78, 5) is 23.4. The van der Waals surface area contributed by atoms with Crippen molar-refractivity contribution in [3.63, 3.8) is 0 Å². The Morgan fingerprint density at radius 3 is 2.62 bits per heavy atom. The Balaban J connectivity index is 2.17. The summed E-state index contributed by atoms with van der Waals surface area (Å²) in [6.45, 7) is 2.09. The van der Waals surface area contributed by atoms with E-state index in [2.05, 4.69) is 27.9 Å². The number of pyridine rings is 1. The van der Waals surface area contributed by atoms with Crippen LogP contribution in [0.5, 0.6) is 0 Å². The minimum absolute atomic E-state index is 0.155. The third-order valence-corrected chi connectivity index (χ3v) is 3.37. The van der Waals surface area contributed by atoms with Gasteiger partial charge in [0.15, 0.2) is 0 Å². The van der Waals surface area contributed by atoms with Gasteiger partial charge in [-0.15, -0.1) is 0 Å². The number of nitrogens with zero attached hydrogens (tertiary/aromatic N) is 2. The van der Waals surface area contributed by atoms with E-state index in [0.717, 1.165) is 23.1 Å². The van der Waals surface area contributed by atoms with Crippen molar-refractivity contribution in [2.75, 3.05) is 0 Å². The molecule has 4 heteroatoms.